The van der Waals surface area contributed by atoms with Crippen LogP contribution in [0.2, 0.25) is 0 Å². The number of oxime groups is 1. The van der Waals surface area contributed by atoms with Gasteiger partial charge in [-0.05, 0) is 56.6 Å². The SMILES string of the molecule is CC(=O)Nc1ccc(C(N)=NOCCCN2CCCCC2)cc1.Cl. The molecule has 24 heavy (non-hydrogen) atoms. The Morgan fingerprint density at radius 3 is 2.54 bits per heavy atom. The van der Waals surface area contributed by atoms with Crippen molar-refractivity contribution in [1.29, 1.82) is 0 Å². The van der Waals surface area contributed by atoms with Gasteiger partial charge in [-0.25, -0.2) is 0 Å². The molecule has 7 heteroatoms. The normalized spacial score (nSPS) is 15.5. The molecule has 1 saturated heterocycles. The van der Waals surface area contributed by atoms with Crippen molar-refractivity contribution >= 4 is 29.8 Å². The smallest absolute Gasteiger partial charge is 0.221 e. The van der Waals surface area contributed by atoms with E-state index in [1.807, 2.05) is 0 Å². The number of nitrogens with two attached hydrogens (primary N) is 1. The Balaban J connectivity index is 0.00000288. The van der Waals surface area contributed by atoms with Gasteiger partial charge in [0.25, 0.3) is 0 Å². The quantitative estimate of drug-likeness (QED) is 0.341. The molecule has 134 valence electrons. The lowest BCUT2D eigenvalue weighted by Gasteiger charge is -2.25. The number of nitrogens with zero attached hydrogens (tertiary/aromatic N) is 2. The summed E-state index contributed by atoms with van der Waals surface area (Å²) in [4.78, 5) is 18.7. The molecule has 0 radical (unpaired) electrons. The van der Waals surface area contributed by atoms with Crippen LogP contribution in [0.1, 0.15) is 38.2 Å². The van der Waals surface area contributed by atoms with Crippen LogP contribution < -0.4 is 11.1 Å². The third-order valence-corrected chi connectivity index (χ3v) is 3.82. The molecule has 1 aliphatic heterocycles. The molecule has 3 N–H and O–H groups in total. The highest BCUT2D eigenvalue weighted by Crippen LogP contribution is 2.10. The van der Waals surface area contributed by atoms with Gasteiger partial charge in [-0.15, -0.1) is 12.4 Å². The zero-order chi connectivity index (χ0) is 16.5. The van der Waals surface area contributed by atoms with Crippen LogP contribution >= 0.6 is 12.4 Å². The highest BCUT2D eigenvalue weighted by Gasteiger charge is 2.09. The number of piperidine rings is 1. The molecule has 1 aromatic carbocycles. The summed E-state index contributed by atoms with van der Waals surface area (Å²) >= 11 is 0. The number of hydrogen-bond donors (Lipinski definition) is 2. The molecule has 1 aliphatic rings. The minimum absolute atomic E-state index is 0. The molecular formula is C17H27ClN4O2. The standard InChI is InChI=1S/C17H26N4O2.ClH/c1-14(22)19-16-8-6-15(7-9-16)17(18)20-23-13-5-12-21-10-3-2-4-11-21;/h6-9H,2-5,10-13H2,1H3,(H2,18,20)(H,19,22);1H. The summed E-state index contributed by atoms with van der Waals surface area (Å²) in [5.41, 5.74) is 7.40. The summed E-state index contributed by atoms with van der Waals surface area (Å²) in [5.74, 6) is 0.244. The Bertz CT molecular complexity index is 528. The van der Waals surface area contributed by atoms with E-state index in [0.717, 1.165) is 24.2 Å². The van der Waals surface area contributed by atoms with Crippen molar-refractivity contribution < 1.29 is 9.63 Å². The summed E-state index contributed by atoms with van der Waals surface area (Å²) < 4.78 is 0. The lowest BCUT2D eigenvalue weighted by atomic mass is 10.1. The lowest BCUT2D eigenvalue weighted by molar-refractivity contribution is -0.114. The third kappa shape index (κ3) is 7.19. The molecule has 6 nitrogen and oxygen atoms in total. The first-order valence-electron chi connectivity index (χ1n) is 8.21. The maximum Gasteiger partial charge on any atom is 0.221 e. The van der Waals surface area contributed by atoms with Gasteiger partial charge in [-0.3, -0.25) is 4.79 Å². The van der Waals surface area contributed by atoms with Crippen LogP contribution in [-0.2, 0) is 9.63 Å². The molecule has 1 heterocycles. The van der Waals surface area contributed by atoms with Crippen molar-refractivity contribution in [2.75, 3.05) is 31.6 Å². The van der Waals surface area contributed by atoms with E-state index in [0.29, 0.717) is 12.4 Å². The molecule has 1 amide bonds. The number of likely N-dealkylation sites (tertiary alicyclic amines) is 1. The zero-order valence-corrected chi connectivity index (χ0v) is 15.0. The average Bonchev–Trinajstić information content (AvgIpc) is 2.55. The lowest BCUT2D eigenvalue weighted by Crippen LogP contribution is -2.31. The van der Waals surface area contributed by atoms with E-state index in [2.05, 4.69) is 15.4 Å². The van der Waals surface area contributed by atoms with Crippen molar-refractivity contribution in [3.63, 3.8) is 0 Å². The van der Waals surface area contributed by atoms with Gasteiger partial charge in [-0.1, -0.05) is 11.6 Å². The number of amidine groups is 1. The predicted molar refractivity (Wildman–Crippen MR) is 99.6 cm³/mol. The van der Waals surface area contributed by atoms with Crippen LogP contribution in [0.5, 0.6) is 0 Å². The highest BCUT2D eigenvalue weighted by atomic mass is 35.5. The number of rotatable bonds is 7. The average molecular weight is 355 g/mol. The molecule has 1 fully saturated rings. The summed E-state index contributed by atoms with van der Waals surface area (Å²) in [6.45, 7) is 5.50. The Morgan fingerprint density at radius 2 is 1.92 bits per heavy atom. The number of benzene rings is 1. The van der Waals surface area contributed by atoms with Gasteiger partial charge in [0, 0.05) is 24.7 Å². The largest absolute Gasteiger partial charge is 0.394 e. The molecule has 0 aliphatic carbocycles. The van der Waals surface area contributed by atoms with Crippen molar-refractivity contribution in [3.8, 4) is 0 Å². The van der Waals surface area contributed by atoms with Gasteiger partial charge < -0.3 is 20.8 Å². The molecule has 0 saturated carbocycles. The second-order valence-electron chi connectivity index (χ2n) is 5.82. The van der Waals surface area contributed by atoms with E-state index in [-0.39, 0.29) is 18.3 Å². The van der Waals surface area contributed by atoms with Crippen LogP contribution in [-0.4, -0.2) is 42.9 Å². The van der Waals surface area contributed by atoms with Crippen LogP contribution in [0.3, 0.4) is 0 Å². The fourth-order valence-corrected chi connectivity index (χ4v) is 2.63. The van der Waals surface area contributed by atoms with Crippen molar-refractivity contribution in [2.24, 2.45) is 10.9 Å². The third-order valence-electron chi connectivity index (χ3n) is 3.82. The number of nitrogens with one attached hydrogen (secondary N) is 1. The second kappa shape index (κ2) is 10.9. The van der Waals surface area contributed by atoms with E-state index in [9.17, 15) is 4.79 Å². The molecule has 0 unspecified atom stereocenters. The molecule has 0 bridgehead atoms. The number of amides is 1. The molecule has 2 rings (SSSR count). The first-order valence-corrected chi connectivity index (χ1v) is 8.21. The van der Waals surface area contributed by atoms with Gasteiger partial charge in [0.2, 0.25) is 5.91 Å². The van der Waals surface area contributed by atoms with E-state index < -0.39 is 0 Å². The Labute approximate surface area is 149 Å². The Hall–Kier alpha value is -1.79. The number of hydrogen-bond acceptors (Lipinski definition) is 4. The highest BCUT2D eigenvalue weighted by molar-refractivity contribution is 5.97. The van der Waals surface area contributed by atoms with Crippen molar-refractivity contribution in [1.82, 2.24) is 4.90 Å². The zero-order valence-electron chi connectivity index (χ0n) is 14.2. The van der Waals surface area contributed by atoms with Gasteiger partial charge in [0.1, 0.15) is 6.61 Å². The molecular weight excluding hydrogens is 328 g/mol. The van der Waals surface area contributed by atoms with E-state index in [1.165, 1.54) is 39.3 Å². The number of anilines is 1. The fraction of sp³-hybridized carbons (Fsp3) is 0.529. The Kier molecular flexibility index (Phi) is 9.19. The topological polar surface area (TPSA) is 80.0 Å². The Morgan fingerprint density at radius 1 is 1.25 bits per heavy atom. The van der Waals surface area contributed by atoms with Crippen LogP contribution in [0, 0.1) is 0 Å². The summed E-state index contributed by atoms with van der Waals surface area (Å²) in [6, 6.07) is 7.19. The first kappa shape index (κ1) is 20.3. The van der Waals surface area contributed by atoms with Crippen molar-refractivity contribution in [2.45, 2.75) is 32.6 Å². The number of halogens is 1. The first-order chi connectivity index (χ1) is 11.1. The minimum Gasteiger partial charge on any atom is -0.394 e. The fourth-order valence-electron chi connectivity index (χ4n) is 2.63. The minimum atomic E-state index is -0.101. The number of carbonyl (C=O) groups excluding carboxylic acids is 1. The van der Waals surface area contributed by atoms with Gasteiger partial charge in [0.05, 0.1) is 0 Å². The van der Waals surface area contributed by atoms with Gasteiger partial charge >= 0.3 is 0 Å². The molecule has 0 aromatic heterocycles. The van der Waals surface area contributed by atoms with E-state index in [1.54, 1.807) is 24.3 Å². The molecule has 0 spiro atoms. The maximum atomic E-state index is 11.0. The summed E-state index contributed by atoms with van der Waals surface area (Å²) in [6.07, 6.45) is 4.92. The summed E-state index contributed by atoms with van der Waals surface area (Å²) in [7, 11) is 0. The van der Waals surface area contributed by atoms with Crippen molar-refractivity contribution in [3.05, 3.63) is 29.8 Å². The van der Waals surface area contributed by atoms with E-state index >= 15 is 0 Å². The van der Waals surface area contributed by atoms with Crippen LogP contribution in [0.4, 0.5) is 5.69 Å². The monoisotopic (exact) mass is 354 g/mol. The maximum absolute atomic E-state index is 11.0. The van der Waals surface area contributed by atoms with Gasteiger partial charge in [-0.2, -0.15) is 0 Å². The predicted octanol–water partition coefficient (Wildman–Crippen LogP) is 2.58. The van der Waals surface area contributed by atoms with Crippen LogP contribution in [0.25, 0.3) is 0 Å². The number of carbonyl (C=O) groups is 1. The van der Waals surface area contributed by atoms with E-state index in [4.69, 9.17) is 10.6 Å². The second-order valence-corrected chi connectivity index (χ2v) is 5.82. The van der Waals surface area contributed by atoms with Gasteiger partial charge in [0.15, 0.2) is 5.84 Å². The molecule has 1 aromatic rings. The summed E-state index contributed by atoms with van der Waals surface area (Å²) in [5, 5.41) is 6.66. The van der Waals surface area contributed by atoms with Crippen LogP contribution in [0.15, 0.2) is 29.4 Å². The molecule has 0 atom stereocenters.